The molecule has 1 atom stereocenters. The van der Waals surface area contributed by atoms with E-state index in [0.717, 1.165) is 16.8 Å². The first-order chi connectivity index (χ1) is 11.2. The van der Waals surface area contributed by atoms with Gasteiger partial charge in [0.25, 0.3) is 5.91 Å². The third-order valence-corrected chi connectivity index (χ3v) is 4.20. The fourth-order valence-corrected chi connectivity index (χ4v) is 2.87. The van der Waals surface area contributed by atoms with Gasteiger partial charge in [0.2, 0.25) is 0 Å². The molecule has 0 N–H and O–H groups in total. The third kappa shape index (κ3) is 3.37. The maximum absolute atomic E-state index is 12.9. The number of benzene rings is 2. The van der Waals surface area contributed by atoms with E-state index in [4.69, 9.17) is 4.74 Å². The van der Waals surface area contributed by atoms with Gasteiger partial charge in [-0.3, -0.25) is 4.79 Å². The predicted octanol–water partition coefficient (Wildman–Crippen LogP) is 2.97. The number of carbonyl (C=O) groups excluding carboxylic acids is 1. The van der Waals surface area contributed by atoms with Gasteiger partial charge in [0.15, 0.2) is 0 Å². The molecule has 1 heterocycles. The van der Waals surface area contributed by atoms with E-state index in [1.54, 1.807) is 0 Å². The summed E-state index contributed by atoms with van der Waals surface area (Å²) in [4.78, 5) is 16.9. The summed E-state index contributed by atoms with van der Waals surface area (Å²) in [5.41, 5.74) is 2.92. The molecule has 2 aromatic rings. The first kappa shape index (κ1) is 15.6. The van der Waals surface area contributed by atoms with Crippen molar-refractivity contribution in [3.05, 3.63) is 65.7 Å². The zero-order chi connectivity index (χ0) is 16.2. The van der Waals surface area contributed by atoms with Crippen LogP contribution in [0.4, 0.5) is 5.69 Å². The molecule has 0 spiro atoms. The van der Waals surface area contributed by atoms with Gasteiger partial charge in [-0.05, 0) is 29.8 Å². The molecule has 4 nitrogen and oxygen atoms in total. The minimum absolute atomic E-state index is 0.0222. The highest BCUT2D eigenvalue weighted by molar-refractivity contribution is 5.95. The fraction of sp³-hybridized carbons (Fsp3) is 0.316. The van der Waals surface area contributed by atoms with Gasteiger partial charge in [-0.2, -0.15) is 0 Å². The SMILES string of the molecule is CN(C)c1ccc(C(=O)N2CCOCC2c2ccccc2)cc1. The van der Waals surface area contributed by atoms with E-state index in [1.165, 1.54) is 0 Å². The maximum atomic E-state index is 12.9. The molecular formula is C19H22N2O2. The summed E-state index contributed by atoms with van der Waals surface area (Å²) in [6.07, 6.45) is 0. The zero-order valence-corrected chi connectivity index (χ0v) is 13.6. The Morgan fingerprint density at radius 1 is 1.09 bits per heavy atom. The van der Waals surface area contributed by atoms with E-state index in [-0.39, 0.29) is 11.9 Å². The normalized spacial score (nSPS) is 17.8. The Hall–Kier alpha value is -2.33. The van der Waals surface area contributed by atoms with Gasteiger partial charge < -0.3 is 14.5 Å². The van der Waals surface area contributed by atoms with E-state index < -0.39 is 0 Å². The molecule has 120 valence electrons. The fourth-order valence-electron chi connectivity index (χ4n) is 2.87. The lowest BCUT2D eigenvalue weighted by atomic mass is 10.0. The summed E-state index contributed by atoms with van der Waals surface area (Å²) < 4.78 is 5.60. The van der Waals surface area contributed by atoms with Gasteiger partial charge in [0, 0.05) is 31.9 Å². The number of hydrogen-bond donors (Lipinski definition) is 0. The number of anilines is 1. The summed E-state index contributed by atoms with van der Waals surface area (Å²) >= 11 is 0. The van der Waals surface area contributed by atoms with Crippen molar-refractivity contribution in [1.82, 2.24) is 4.90 Å². The second kappa shape index (κ2) is 6.84. The molecule has 23 heavy (non-hydrogen) atoms. The Bertz CT molecular complexity index is 653. The molecule has 0 aliphatic carbocycles. The molecule has 4 heteroatoms. The third-order valence-electron chi connectivity index (χ3n) is 4.20. The highest BCUT2D eigenvalue weighted by Crippen LogP contribution is 2.26. The van der Waals surface area contributed by atoms with Gasteiger partial charge in [0.1, 0.15) is 0 Å². The molecule has 1 amide bonds. The molecule has 1 unspecified atom stereocenters. The van der Waals surface area contributed by atoms with Crippen molar-refractivity contribution in [2.24, 2.45) is 0 Å². The van der Waals surface area contributed by atoms with Gasteiger partial charge in [-0.1, -0.05) is 30.3 Å². The lowest BCUT2D eigenvalue weighted by Crippen LogP contribution is -2.43. The minimum Gasteiger partial charge on any atom is -0.378 e. The van der Waals surface area contributed by atoms with Crippen molar-refractivity contribution in [2.45, 2.75) is 6.04 Å². The van der Waals surface area contributed by atoms with Crippen molar-refractivity contribution in [3.8, 4) is 0 Å². The van der Waals surface area contributed by atoms with Crippen LogP contribution in [0.15, 0.2) is 54.6 Å². The molecule has 0 bridgehead atoms. The van der Waals surface area contributed by atoms with Gasteiger partial charge in [0.05, 0.1) is 19.3 Å². The molecule has 1 fully saturated rings. The molecule has 3 rings (SSSR count). The number of amides is 1. The number of hydrogen-bond acceptors (Lipinski definition) is 3. The van der Waals surface area contributed by atoms with Gasteiger partial charge in [-0.25, -0.2) is 0 Å². The largest absolute Gasteiger partial charge is 0.378 e. The standard InChI is InChI=1S/C19H22N2O2/c1-20(2)17-10-8-16(9-11-17)19(22)21-12-13-23-14-18(21)15-6-4-3-5-7-15/h3-11,18H,12-14H2,1-2H3. The Kier molecular flexibility index (Phi) is 4.63. The molecule has 2 aromatic carbocycles. The second-order valence-electron chi connectivity index (χ2n) is 5.94. The highest BCUT2D eigenvalue weighted by atomic mass is 16.5. The predicted molar refractivity (Wildman–Crippen MR) is 91.8 cm³/mol. The van der Waals surface area contributed by atoms with Crippen LogP contribution in [0.5, 0.6) is 0 Å². The monoisotopic (exact) mass is 310 g/mol. The van der Waals surface area contributed by atoms with Crippen LogP contribution in [0.2, 0.25) is 0 Å². The van der Waals surface area contributed by atoms with Crippen LogP contribution in [0, 0.1) is 0 Å². The molecular weight excluding hydrogens is 288 g/mol. The van der Waals surface area contributed by atoms with Gasteiger partial charge in [-0.15, -0.1) is 0 Å². The highest BCUT2D eigenvalue weighted by Gasteiger charge is 2.29. The quantitative estimate of drug-likeness (QED) is 0.874. The summed E-state index contributed by atoms with van der Waals surface area (Å²) in [6, 6.07) is 17.8. The minimum atomic E-state index is -0.0222. The van der Waals surface area contributed by atoms with Crippen LogP contribution < -0.4 is 4.90 Å². The summed E-state index contributed by atoms with van der Waals surface area (Å²) in [5.74, 6) is 0.0625. The Labute approximate surface area is 137 Å². The first-order valence-corrected chi connectivity index (χ1v) is 7.88. The smallest absolute Gasteiger partial charge is 0.254 e. The topological polar surface area (TPSA) is 32.8 Å². The Morgan fingerprint density at radius 2 is 1.78 bits per heavy atom. The van der Waals surface area contributed by atoms with Crippen molar-refractivity contribution in [2.75, 3.05) is 38.8 Å². The van der Waals surface area contributed by atoms with E-state index in [9.17, 15) is 4.79 Å². The molecule has 0 saturated carbocycles. The lowest BCUT2D eigenvalue weighted by molar-refractivity contribution is -0.00269. The summed E-state index contributed by atoms with van der Waals surface area (Å²) in [7, 11) is 3.98. The van der Waals surface area contributed by atoms with E-state index in [2.05, 4.69) is 12.1 Å². The van der Waals surface area contributed by atoms with E-state index in [0.29, 0.717) is 19.8 Å². The summed E-state index contributed by atoms with van der Waals surface area (Å²) in [5, 5.41) is 0. The first-order valence-electron chi connectivity index (χ1n) is 7.88. The van der Waals surface area contributed by atoms with E-state index >= 15 is 0 Å². The lowest BCUT2D eigenvalue weighted by Gasteiger charge is -2.36. The number of nitrogens with zero attached hydrogens (tertiary/aromatic N) is 2. The molecule has 0 radical (unpaired) electrons. The Balaban J connectivity index is 1.84. The number of ether oxygens (including phenoxy) is 1. The van der Waals surface area contributed by atoms with Crippen molar-refractivity contribution < 1.29 is 9.53 Å². The maximum Gasteiger partial charge on any atom is 0.254 e. The number of carbonyl (C=O) groups is 1. The number of rotatable bonds is 3. The van der Waals surface area contributed by atoms with Crippen molar-refractivity contribution >= 4 is 11.6 Å². The van der Waals surface area contributed by atoms with Crippen LogP contribution >= 0.6 is 0 Å². The number of morpholine rings is 1. The molecule has 1 aliphatic rings. The molecule has 0 aromatic heterocycles. The van der Waals surface area contributed by atoms with Crippen LogP contribution in [0.1, 0.15) is 22.0 Å². The van der Waals surface area contributed by atoms with Crippen LogP contribution in [-0.4, -0.2) is 44.7 Å². The second-order valence-corrected chi connectivity index (χ2v) is 5.94. The van der Waals surface area contributed by atoms with E-state index in [1.807, 2.05) is 66.4 Å². The van der Waals surface area contributed by atoms with Crippen LogP contribution in [0.3, 0.4) is 0 Å². The van der Waals surface area contributed by atoms with Gasteiger partial charge >= 0.3 is 0 Å². The van der Waals surface area contributed by atoms with Crippen LogP contribution in [-0.2, 0) is 4.74 Å². The summed E-state index contributed by atoms with van der Waals surface area (Å²) in [6.45, 7) is 1.75. The van der Waals surface area contributed by atoms with Crippen LogP contribution in [0.25, 0.3) is 0 Å². The molecule has 1 saturated heterocycles. The average molecular weight is 310 g/mol. The van der Waals surface area contributed by atoms with Crippen molar-refractivity contribution in [1.29, 1.82) is 0 Å². The van der Waals surface area contributed by atoms with Crippen molar-refractivity contribution in [3.63, 3.8) is 0 Å². The Morgan fingerprint density at radius 3 is 2.43 bits per heavy atom. The molecule has 1 aliphatic heterocycles. The zero-order valence-electron chi connectivity index (χ0n) is 13.6. The average Bonchev–Trinajstić information content (AvgIpc) is 2.62.